The van der Waals surface area contributed by atoms with E-state index >= 15 is 0 Å². The lowest BCUT2D eigenvalue weighted by Crippen LogP contribution is -2.39. The van der Waals surface area contributed by atoms with E-state index in [0.29, 0.717) is 24.8 Å². The minimum atomic E-state index is -0.0896. The SMILES string of the molecule is CC(C)N(C)Cc1cnc2n1CCN(C(=O)c1cnccn1)C2. The zero-order valence-electron chi connectivity index (χ0n) is 13.8. The molecule has 0 radical (unpaired) electrons. The van der Waals surface area contributed by atoms with Gasteiger partial charge in [0, 0.05) is 44.3 Å². The summed E-state index contributed by atoms with van der Waals surface area (Å²) in [5, 5.41) is 0. The number of carbonyl (C=O) groups is 1. The van der Waals surface area contributed by atoms with E-state index in [1.54, 1.807) is 11.1 Å². The van der Waals surface area contributed by atoms with Gasteiger partial charge < -0.3 is 9.47 Å². The van der Waals surface area contributed by atoms with Crippen LogP contribution in [-0.4, -0.2) is 54.9 Å². The molecule has 3 rings (SSSR count). The molecule has 0 saturated heterocycles. The van der Waals surface area contributed by atoms with Crippen LogP contribution in [-0.2, 0) is 19.6 Å². The number of aromatic nitrogens is 4. The van der Waals surface area contributed by atoms with E-state index in [4.69, 9.17) is 0 Å². The summed E-state index contributed by atoms with van der Waals surface area (Å²) in [5.41, 5.74) is 1.58. The van der Waals surface area contributed by atoms with Crippen molar-refractivity contribution in [2.75, 3.05) is 13.6 Å². The number of hydrogen-bond acceptors (Lipinski definition) is 5. The lowest BCUT2D eigenvalue weighted by molar-refractivity contribution is 0.0699. The third-order valence-corrected chi connectivity index (χ3v) is 4.31. The van der Waals surface area contributed by atoms with Crippen molar-refractivity contribution >= 4 is 5.91 Å². The standard InChI is InChI=1S/C16H22N6O/c1-12(2)20(3)10-13-8-19-15-11-21(6-7-22(13)15)16(23)14-9-17-4-5-18-14/h4-5,8-9,12H,6-7,10-11H2,1-3H3. The van der Waals surface area contributed by atoms with E-state index in [9.17, 15) is 4.79 Å². The molecule has 122 valence electrons. The predicted molar refractivity (Wildman–Crippen MR) is 85.6 cm³/mol. The van der Waals surface area contributed by atoms with Gasteiger partial charge in [-0.1, -0.05) is 0 Å². The van der Waals surface area contributed by atoms with Gasteiger partial charge in [-0.15, -0.1) is 0 Å². The molecule has 2 aromatic heterocycles. The van der Waals surface area contributed by atoms with Gasteiger partial charge in [0.1, 0.15) is 11.5 Å². The highest BCUT2D eigenvalue weighted by molar-refractivity contribution is 5.91. The second kappa shape index (κ2) is 6.45. The van der Waals surface area contributed by atoms with Crippen molar-refractivity contribution in [3.8, 4) is 0 Å². The van der Waals surface area contributed by atoms with E-state index < -0.39 is 0 Å². The van der Waals surface area contributed by atoms with Crippen molar-refractivity contribution in [1.82, 2.24) is 29.3 Å². The second-order valence-electron chi connectivity index (χ2n) is 6.14. The molecule has 3 heterocycles. The minimum absolute atomic E-state index is 0.0896. The molecule has 0 unspecified atom stereocenters. The fourth-order valence-corrected chi connectivity index (χ4v) is 2.63. The summed E-state index contributed by atoms with van der Waals surface area (Å²) >= 11 is 0. The number of fused-ring (bicyclic) bond motifs is 1. The highest BCUT2D eigenvalue weighted by Gasteiger charge is 2.25. The molecule has 7 nitrogen and oxygen atoms in total. The van der Waals surface area contributed by atoms with Crippen LogP contribution >= 0.6 is 0 Å². The summed E-state index contributed by atoms with van der Waals surface area (Å²) in [4.78, 5) is 29.1. The van der Waals surface area contributed by atoms with E-state index in [0.717, 1.165) is 18.9 Å². The normalized spacial score (nSPS) is 14.4. The maximum atomic E-state index is 12.5. The largest absolute Gasteiger partial charge is 0.328 e. The Bertz CT molecular complexity index is 681. The first-order chi connectivity index (χ1) is 11.1. The number of hydrogen-bond donors (Lipinski definition) is 0. The van der Waals surface area contributed by atoms with Gasteiger partial charge in [0.25, 0.3) is 5.91 Å². The monoisotopic (exact) mass is 314 g/mol. The molecular formula is C16H22N6O. The van der Waals surface area contributed by atoms with Crippen molar-refractivity contribution in [3.05, 3.63) is 42.0 Å². The van der Waals surface area contributed by atoms with Crippen molar-refractivity contribution in [2.45, 2.75) is 39.5 Å². The summed E-state index contributed by atoms with van der Waals surface area (Å²) in [5.74, 6) is 0.842. The molecule has 23 heavy (non-hydrogen) atoms. The smallest absolute Gasteiger partial charge is 0.274 e. The molecular weight excluding hydrogens is 292 g/mol. The predicted octanol–water partition coefficient (Wildman–Crippen LogP) is 1.17. The number of rotatable bonds is 4. The average molecular weight is 314 g/mol. The molecule has 0 aromatic carbocycles. The Morgan fingerprint density at radius 1 is 1.26 bits per heavy atom. The van der Waals surface area contributed by atoms with E-state index in [2.05, 4.69) is 45.3 Å². The van der Waals surface area contributed by atoms with Crippen molar-refractivity contribution in [1.29, 1.82) is 0 Å². The molecule has 0 fully saturated rings. The van der Waals surface area contributed by atoms with Crippen LogP contribution in [0.25, 0.3) is 0 Å². The van der Waals surface area contributed by atoms with Gasteiger partial charge in [0.15, 0.2) is 0 Å². The Labute approximate surface area is 136 Å². The Morgan fingerprint density at radius 3 is 2.78 bits per heavy atom. The fraction of sp³-hybridized carbons (Fsp3) is 0.500. The van der Waals surface area contributed by atoms with Crippen LogP contribution in [0, 0.1) is 0 Å². The zero-order valence-corrected chi connectivity index (χ0v) is 13.8. The van der Waals surface area contributed by atoms with E-state index in [1.807, 2.05) is 6.20 Å². The van der Waals surface area contributed by atoms with Gasteiger partial charge in [-0.25, -0.2) is 9.97 Å². The highest BCUT2D eigenvalue weighted by Crippen LogP contribution is 2.17. The Kier molecular flexibility index (Phi) is 4.38. The van der Waals surface area contributed by atoms with Crippen LogP contribution in [0.3, 0.4) is 0 Å². The molecule has 1 amide bonds. The first-order valence-corrected chi connectivity index (χ1v) is 7.85. The lowest BCUT2D eigenvalue weighted by Gasteiger charge is -2.29. The molecule has 7 heteroatoms. The van der Waals surface area contributed by atoms with Crippen LogP contribution in [0.15, 0.2) is 24.8 Å². The van der Waals surface area contributed by atoms with Crippen LogP contribution in [0.4, 0.5) is 0 Å². The summed E-state index contributed by atoms with van der Waals surface area (Å²) in [6, 6.07) is 0.486. The van der Waals surface area contributed by atoms with E-state index in [1.165, 1.54) is 18.1 Å². The van der Waals surface area contributed by atoms with Gasteiger partial charge in [-0.3, -0.25) is 14.7 Å². The molecule has 0 saturated carbocycles. The molecule has 2 aromatic rings. The molecule has 1 aliphatic heterocycles. The van der Waals surface area contributed by atoms with Gasteiger partial charge >= 0.3 is 0 Å². The van der Waals surface area contributed by atoms with Crippen LogP contribution in [0.5, 0.6) is 0 Å². The summed E-state index contributed by atoms with van der Waals surface area (Å²) in [6.07, 6.45) is 6.53. The third kappa shape index (κ3) is 3.24. The molecule has 0 atom stereocenters. The summed E-state index contributed by atoms with van der Waals surface area (Å²) in [7, 11) is 2.11. The number of imidazole rings is 1. The Morgan fingerprint density at radius 2 is 2.09 bits per heavy atom. The lowest BCUT2D eigenvalue weighted by atomic mass is 10.3. The average Bonchev–Trinajstić information content (AvgIpc) is 2.97. The quantitative estimate of drug-likeness (QED) is 0.847. The van der Waals surface area contributed by atoms with Crippen molar-refractivity contribution < 1.29 is 4.79 Å². The Hall–Kier alpha value is -2.28. The maximum Gasteiger partial charge on any atom is 0.274 e. The molecule has 0 aliphatic carbocycles. The van der Waals surface area contributed by atoms with Crippen LogP contribution in [0.1, 0.15) is 35.9 Å². The third-order valence-electron chi connectivity index (χ3n) is 4.31. The number of nitrogens with zero attached hydrogens (tertiary/aromatic N) is 6. The second-order valence-corrected chi connectivity index (χ2v) is 6.14. The van der Waals surface area contributed by atoms with Gasteiger partial charge in [-0.05, 0) is 20.9 Å². The summed E-state index contributed by atoms with van der Waals surface area (Å²) in [6.45, 7) is 7.16. The molecule has 0 N–H and O–H groups in total. The fourth-order valence-electron chi connectivity index (χ4n) is 2.63. The highest BCUT2D eigenvalue weighted by atomic mass is 16.2. The maximum absolute atomic E-state index is 12.5. The topological polar surface area (TPSA) is 67.2 Å². The first kappa shape index (κ1) is 15.6. The number of carbonyl (C=O) groups excluding carboxylic acids is 1. The van der Waals surface area contributed by atoms with Crippen LogP contribution < -0.4 is 0 Å². The molecule has 1 aliphatic rings. The van der Waals surface area contributed by atoms with Gasteiger partial charge in [0.2, 0.25) is 0 Å². The van der Waals surface area contributed by atoms with Gasteiger partial charge in [-0.2, -0.15) is 0 Å². The Balaban J connectivity index is 1.73. The summed E-state index contributed by atoms with van der Waals surface area (Å²) < 4.78 is 2.22. The van der Waals surface area contributed by atoms with Crippen LogP contribution in [0.2, 0.25) is 0 Å². The van der Waals surface area contributed by atoms with E-state index in [-0.39, 0.29) is 5.91 Å². The van der Waals surface area contributed by atoms with Crippen molar-refractivity contribution in [3.63, 3.8) is 0 Å². The zero-order chi connectivity index (χ0) is 16.4. The molecule has 0 bridgehead atoms. The van der Waals surface area contributed by atoms with Crippen molar-refractivity contribution in [2.24, 2.45) is 0 Å². The van der Waals surface area contributed by atoms with Gasteiger partial charge in [0.05, 0.1) is 18.4 Å². The molecule has 0 spiro atoms. The minimum Gasteiger partial charge on any atom is -0.328 e. The number of amides is 1. The first-order valence-electron chi connectivity index (χ1n) is 7.85.